The van der Waals surface area contributed by atoms with E-state index in [9.17, 15) is 14.9 Å². The first kappa shape index (κ1) is 16.5. The zero-order valence-electron chi connectivity index (χ0n) is 14.1. The van der Waals surface area contributed by atoms with Gasteiger partial charge in [-0.3, -0.25) is 14.9 Å². The third kappa shape index (κ3) is 3.01. The first-order valence-corrected chi connectivity index (χ1v) is 7.79. The van der Waals surface area contributed by atoms with Gasteiger partial charge < -0.3 is 20.1 Å². The highest BCUT2D eigenvalue weighted by molar-refractivity contribution is 5.96. The van der Waals surface area contributed by atoms with Gasteiger partial charge >= 0.3 is 0 Å². The van der Waals surface area contributed by atoms with Crippen LogP contribution in [-0.4, -0.2) is 34.7 Å². The van der Waals surface area contributed by atoms with Crippen LogP contribution in [0.4, 0.5) is 17.1 Å². The van der Waals surface area contributed by atoms with Crippen molar-refractivity contribution in [1.82, 2.24) is 0 Å². The van der Waals surface area contributed by atoms with E-state index >= 15 is 0 Å². The molecule has 2 heterocycles. The number of fused-ring (bicyclic) bond motifs is 1. The number of benzene rings is 1. The number of nitrogens with one attached hydrogen (secondary N) is 2. The van der Waals surface area contributed by atoms with Crippen molar-refractivity contribution in [3.8, 4) is 5.75 Å². The van der Waals surface area contributed by atoms with E-state index in [4.69, 9.17) is 9.47 Å². The van der Waals surface area contributed by atoms with Crippen LogP contribution in [-0.2, 0) is 9.53 Å². The van der Waals surface area contributed by atoms with E-state index in [1.54, 1.807) is 6.07 Å². The maximum Gasteiger partial charge on any atom is 0.296 e. The van der Waals surface area contributed by atoms with E-state index in [1.165, 1.54) is 6.07 Å². The average Bonchev–Trinajstić information content (AvgIpc) is 2.64. The van der Waals surface area contributed by atoms with Crippen molar-refractivity contribution in [2.75, 3.05) is 17.2 Å². The molecule has 0 radical (unpaired) electrons. The van der Waals surface area contributed by atoms with Gasteiger partial charge in [-0.15, -0.1) is 0 Å². The first-order chi connectivity index (χ1) is 11.1. The largest absolute Gasteiger partial charge is 0.481 e. The van der Waals surface area contributed by atoms with Crippen LogP contribution in [0.15, 0.2) is 12.1 Å². The van der Waals surface area contributed by atoms with Crippen molar-refractivity contribution in [2.45, 2.75) is 51.4 Å². The molecular weight excluding hydrogens is 314 g/mol. The molecule has 1 atom stereocenters. The molecule has 130 valence electrons. The second-order valence-electron chi connectivity index (χ2n) is 7.33. The molecule has 1 unspecified atom stereocenters. The Bertz CT molecular complexity index is 714. The molecular formula is C16H21N3O5. The summed E-state index contributed by atoms with van der Waals surface area (Å²) in [5.41, 5.74) is -0.126. The summed E-state index contributed by atoms with van der Waals surface area (Å²) in [4.78, 5) is 22.4. The summed E-state index contributed by atoms with van der Waals surface area (Å²) in [6.45, 7) is 7.75. The summed E-state index contributed by atoms with van der Waals surface area (Å²) in [5.74, 6) is 0.0158. The van der Waals surface area contributed by atoms with Gasteiger partial charge in [0.05, 0.1) is 33.9 Å². The average molecular weight is 335 g/mol. The van der Waals surface area contributed by atoms with Gasteiger partial charge in [0.1, 0.15) is 5.69 Å². The molecule has 0 aromatic heterocycles. The topological polar surface area (TPSA) is 103 Å². The molecule has 8 nitrogen and oxygen atoms in total. The molecule has 1 amide bonds. The Balaban J connectivity index is 1.96. The van der Waals surface area contributed by atoms with Crippen molar-refractivity contribution in [2.24, 2.45) is 0 Å². The van der Waals surface area contributed by atoms with Crippen LogP contribution in [0.25, 0.3) is 0 Å². The number of hydrogen-bond acceptors (Lipinski definition) is 6. The Morgan fingerprint density at radius 3 is 2.62 bits per heavy atom. The summed E-state index contributed by atoms with van der Waals surface area (Å²) in [6, 6.07) is 2.78. The van der Waals surface area contributed by atoms with E-state index in [1.807, 2.05) is 27.7 Å². The second kappa shape index (κ2) is 5.34. The molecule has 3 rings (SSSR count). The molecule has 0 saturated carbocycles. The summed E-state index contributed by atoms with van der Waals surface area (Å²) < 4.78 is 11.3. The van der Waals surface area contributed by atoms with Crippen molar-refractivity contribution < 1.29 is 19.2 Å². The lowest BCUT2D eigenvalue weighted by Crippen LogP contribution is -2.38. The molecule has 1 fully saturated rings. The number of rotatable bonds is 3. The van der Waals surface area contributed by atoms with Gasteiger partial charge in [0, 0.05) is 0 Å². The van der Waals surface area contributed by atoms with Gasteiger partial charge in [0.25, 0.3) is 11.6 Å². The molecule has 2 N–H and O–H groups in total. The van der Waals surface area contributed by atoms with Crippen molar-refractivity contribution >= 4 is 23.0 Å². The van der Waals surface area contributed by atoms with Crippen LogP contribution < -0.4 is 15.4 Å². The van der Waals surface area contributed by atoms with Gasteiger partial charge in [0.2, 0.25) is 0 Å². The van der Waals surface area contributed by atoms with Crippen molar-refractivity contribution in [3.63, 3.8) is 0 Å². The fourth-order valence-corrected chi connectivity index (χ4v) is 3.36. The van der Waals surface area contributed by atoms with Crippen LogP contribution in [0.3, 0.4) is 0 Å². The van der Waals surface area contributed by atoms with Crippen LogP contribution in [0, 0.1) is 10.1 Å². The third-order valence-electron chi connectivity index (χ3n) is 4.33. The molecule has 0 aliphatic carbocycles. The number of nitrogens with zero attached hydrogens (tertiary/aromatic N) is 1. The minimum Gasteiger partial charge on any atom is -0.481 e. The zero-order valence-corrected chi connectivity index (χ0v) is 14.1. The molecule has 0 spiro atoms. The molecule has 8 heteroatoms. The number of carbonyl (C=O) groups excluding carboxylic acids is 1. The van der Waals surface area contributed by atoms with E-state index in [0.29, 0.717) is 23.5 Å². The van der Waals surface area contributed by atoms with Gasteiger partial charge in [-0.2, -0.15) is 0 Å². The summed E-state index contributed by atoms with van der Waals surface area (Å²) in [7, 11) is 0. The number of anilines is 2. The van der Waals surface area contributed by atoms with Crippen molar-refractivity contribution in [3.05, 3.63) is 22.2 Å². The monoisotopic (exact) mass is 335 g/mol. The number of hydrogen-bond donors (Lipinski definition) is 2. The predicted molar refractivity (Wildman–Crippen MR) is 88.5 cm³/mol. The highest BCUT2D eigenvalue weighted by Gasteiger charge is 2.46. The molecule has 24 heavy (non-hydrogen) atoms. The maximum absolute atomic E-state index is 11.5. The number of nitro groups is 1. The third-order valence-corrected chi connectivity index (χ3v) is 4.33. The highest BCUT2D eigenvalue weighted by atomic mass is 16.6. The molecule has 1 saturated heterocycles. The lowest BCUT2D eigenvalue weighted by molar-refractivity contribution is -0.384. The zero-order chi connectivity index (χ0) is 17.7. The Morgan fingerprint density at radius 1 is 1.33 bits per heavy atom. The minimum atomic E-state index is -0.479. The Labute approximate surface area is 139 Å². The van der Waals surface area contributed by atoms with E-state index in [2.05, 4.69) is 10.6 Å². The summed E-state index contributed by atoms with van der Waals surface area (Å²) in [5, 5.41) is 17.3. The quantitative estimate of drug-likeness (QED) is 0.650. The number of carbonyl (C=O) groups is 1. The van der Waals surface area contributed by atoms with Crippen LogP contribution in [0.1, 0.15) is 34.1 Å². The number of ether oxygens (including phenoxy) is 2. The molecule has 2 aliphatic heterocycles. The lowest BCUT2D eigenvalue weighted by Gasteiger charge is -2.28. The normalized spacial score (nSPS) is 23.8. The van der Waals surface area contributed by atoms with E-state index in [-0.39, 0.29) is 29.8 Å². The first-order valence-electron chi connectivity index (χ1n) is 7.79. The summed E-state index contributed by atoms with van der Waals surface area (Å²) >= 11 is 0. The van der Waals surface area contributed by atoms with Gasteiger partial charge in [-0.05, 0) is 40.2 Å². The molecule has 0 bridgehead atoms. The smallest absolute Gasteiger partial charge is 0.296 e. The van der Waals surface area contributed by atoms with Crippen LogP contribution >= 0.6 is 0 Å². The minimum absolute atomic E-state index is 0.0922. The Kier molecular flexibility index (Phi) is 3.67. The number of amides is 1. The van der Waals surface area contributed by atoms with Crippen molar-refractivity contribution in [1.29, 1.82) is 0 Å². The molecule has 1 aromatic rings. The fraction of sp³-hybridized carbons (Fsp3) is 0.562. The predicted octanol–water partition coefficient (Wildman–Crippen LogP) is 2.68. The lowest BCUT2D eigenvalue weighted by atomic mass is 9.94. The Morgan fingerprint density at radius 2 is 2.04 bits per heavy atom. The van der Waals surface area contributed by atoms with Crippen LogP contribution in [0.2, 0.25) is 0 Å². The van der Waals surface area contributed by atoms with Gasteiger partial charge in [0.15, 0.2) is 12.4 Å². The highest BCUT2D eigenvalue weighted by Crippen LogP contribution is 2.42. The molecule has 1 aromatic carbocycles. The van der Waals surface area contributed by atoms with Gasteiger partial charge in [-0.1, -0.05) is 0 Å². The second-order valence-corrected chi connectivity index (χ2v) is 7.33. The molecule has 2 aliphatic rings. The van der Waals surface area contributed by atoms with Crippen LogP contribution in [0.5, 0.6) is 5.75 Å². The van der Waals surface area contributed by atoms with Gasteiger partial charge in [-0.25, -0.2) is 0 Å². The number of nitro benzene ring substituents is 1. The fourth-order valence-electron chi connectivity index (χ4n) is 3.36. The standard InChI is InChI=1S/C16H21N3O5/c1-15(2)7-13(16(3,4)24-15)17-9-5-10-12(6-11(9)19(21)22)23-8-14(20)18-10/h5-6,13,17H,7-8H2,1-4H3,(H,18,20). The maximum atomic E-state index is 11.5. The van der Waals surface area contributed by atoms with E-state index < -0.39 is 10.5 Å². The van der Waals surface area contributed by atoms with E-state index in [0.717, 1.165) is 0 Å². The Hall–Kier alpha value is -2.35. The SMILES string of the molecule is CC1(C)CC(Nc2cc3c(cc2[N+](=O)[O-])OCC(=O)N3)C(C)(C)O1. The summed E-state index contributed by atoms with van der Waals surface area (Å²) in [6.07, 6.45) is 0.705.